The van der Waals surface area contributed by atoms with Crippen LogP contribution in [0.2, 0.25) is 0 Å². The summed E-state index contributed by atoms with van der Waals surface area (Å²) in [6.07, 6.45) is 7.84. The Morgan fingerprint density at radius 1 is 1.35 bits per heavy atom. The number of aromatic nitrogens is 1. The number of nitrogens with one attached hydrogen (secondary N) is 1. The van der Waals surface area contributed by atoms with Crippen LogP contribution < -0.4 is 5.32 Å². The zero-order valence-corrected chi connectivity index (χ0v) is 12.3. The summed E-state index contributed by atoms with van der Waals surface area (Å²) in [6, 6.07) is 1.76. The molecule has 20 heavy (non-hydrogen) atoms. The predicted octanol–water partition coefficient (Wildman–Crippen LogP) is 3.93. The van der Waals surface area contributed by atoms with Gasteiger partial charge in [-0.3, -0.25) is 10.1 Å². The summed E-state index contributed by atoms with van der Waals surface area (Å²) in [4.78, 5) is 14.5. The minimum Gasteiger partial charge on any atom is -0.370 e. The van der Waals surface area contributed by atoms with E-state index in [4.69, 9.17) is 0 Å². The third kappa shape index (κ3) is 3.68. The Hall–Kier alpha value is -1.65. The van der Waals surface area contributed by atoms with E-state index in [-0.39, 0.29) is 5.69 Å². The van der Waals surface area contributed by atoms with E-state index in [0.717, 1.165) is 18.3 Å². The summed E-state index contributed by atoms with van der Waals surface area (Å²) in [7, 11) is 0. The van der Waals surface area contributed by atoms with Crippen LogP contribution in [-0.2, 0) is 0 Å². The Morgan fingerprint density at radius 3 is 2.55 bits per heavy atom. The van der Waals surface area contributed by atoms with Gasteiger partial charge >= 0.3 is 0 Å². The first-order valence-electron chi connectivity index (χ1n) is 7.45. The third-order valence-corrected chi connectivity index (χ3v) is 4.40. The van der Waals surface area contributed by atoms with Gasteiger partial charge in [0.05, 0.1) is 4.92 Å². The first-order chi connectivity index (χ1) is 9.60. The lowest BCUT2D eigenvalue weighted by Gasteiger charge is -2.28. The standard InChI is InChI=1S/C15H23N3O2/c1-3-12-4-6-13(7-5-12)9-16-15-8-11(2)14(10-17-15)18(19)20/h8,10,12-13H,3-7,9H2,1-2H3,(H,16,17). The molecule has 1 aromatic rings. The van der Waals surface area contributed by atoms with Gasteiger partial charge in [0.1, 0.15) is 12.0 Å². The molecular formula is C15H23N3O2. The van der Waals surface area contributed by atoms with Crippen LogP contribution in [0.15, 0.2) is 12.3 Å². The summed E-state index contributed by atoms with van der Waals surface area (Å²) in [5, 5.41) is 14.1. The topological polar surface area (TPSA) is 68.1 Å². The molecule has 0 amide bonds. The van der Waals surface area contributed by atoms with Crippen molar-refractivity contribution < 1.29 is 4.92 Å². The fourth-order valence-corrected chi connectivity index (χ4v) is 2.93. The quantitative estimate of drug-likeness (QED) is 0.654. The molecule has 0 spiro atoms. The van der Waals surface area contributed by atoms with Crippen molar-refractivity contribution in [3.63, 3.8) is 0 Å². The lowest BCUT2D eigenvalue weighted by molar-refractivity contribution is -0.385. The van der Waals surface area contributed by atoms with Gasteiger partial charge in [-0.1, -0.05) is 26.2 Å². The Labute approximate surface area is 119 Å². The number of pyridine rings is 1. The molecule has 1 saturated carbocycles. The number of anilines is 1. The monoisotopic (exact) mass is 277 g/mol. The molecule has 0 radical (unpaired) electrons. The lowest BCUT2D eigenvalue weighted by atomic mass is 9.81. The molecular weight excluding hydrogens is 254 g/mol. The maximum atomic E-state index is 10.7. The third-order valence-electron chi connectivity index (χ3n) is 4.40. The minimum absolute atomic E-state index is 0.0824. The highest BCUT2D eigenvalue weighted by atomic mass is 16.6. The van der Waals surface area contributed by atoms with E-state index in [1.54, 1.807) is 13.0 Å². The second kappa shape index (κ2) is 6.68. The van der Waals surface area contributed by atoms with Crippen molar-refractivity contribution in [1.82, 2.24) is 4.98 Å². The fraction of sp³-hybridized carbons (Fsp3) is 0.667. The molecule has 0 unspecified atom stereocenters. The van der Waals surface area contributed by atoms with Crippen molar-refractivity contribution in [2.75, 3.05) is 11.9 Å². The van der Waals surface area contributed by atoms with Crippen molar-refractivity contribution in [3.8, 4) is 0 Å². The van der Waals surface area contributed by atoms with Crippen LogP contribution in [0.4, 0.5) is 11.5 Å². The highest BCUT2D eigenvalue weighted by Gasteiger charge is 2.20. The van der Waals surface area contributed by atoms with Crippen molar-refractivity contribution in [1.29, 1.82) is 0 Å². The number of nitrogens with zero attached hydrogens (tertiary/aromatic N) is 2. The van der Waals surface area contributed by atoms with Gasteiger partial charge in [0, 0.05) is 12.1 Å². The Morgan fingerprint density at radius 2 is 2.00 bits per heavy atom. The van der Waals surface area contributed by atoms with E-state index in [1.165, 1.54) is 38.3 Å². The molecule has 1 aliphatic rings. The first kappa shape index (κ1) is 14.8. The Bertz CT molecular complexity index is 468. The molecule has 0 saturated heterocycles. The van der Waals surface area contributed by atoms with Crippen LogP contribution in [0.3, 0.4) is 0 Å². The van der Waals surface area contributed by atoms with E-state index in [0.29, 0.717) is 11.5 Å². The smallest absolute Gasteiger partial charge is 0.290 e. The summed E-state index contributed by atoms with van der Waals surface area (Å²) >= 11 is 0. The van der Waals surface area contributed by atoms with E-state index in [2.05, 4.69) is 17.2 Å². The van der Waals surface area contributed by atoms with Crippen LogP contribution in [-0.4, -0.2) is 16.5 Å². The molecule has 1 fully saturated rings. The molecule has 1 aliphatic carbocycles. The molecule has 5 nitrogen and oxygen atoms in total. The summed E-state index contributed by atoms with van der Waals surface area (Å²) in [6.45, 7) is 4.94. The summed E-state index contributed by atoms with van der Waals surface area (Å²) < 4.78 is 0. The maximum absolute atomic E-state index is 10.7. The van der Waals surface area contributed by atoms with Crippen LogP contribution in [0.1, 0.15) is 44.6 Å². The van der Waals surface area contributed by atoms with Crippen LogP contribution >= 0.6 is 0 Å². The van der Waals surface area contributed by atoms with Crippen molar-refractivity contribution in [2.24, 2.45) is 11.8 Å². The van der Waals surface area contributed by atoms with Gasteiger partial charge in [0.25, 0.3) is 5.69 Å². The van der Waals surface area contributed by atoms with Crippen molar-refractivity contribution in [2.45, 2.75) is 46.0 Å². The number of rotatable bonds is 5. The van der Waals surface area contributed by atoms with Gasteiger partial charge in [0.15, 0.2) is 0 Å². The van der Waals surface area contributed by atoms with E-state index >= 15 is 0 Å². The van der Waals surface area contributed by atoms with Gasteiger partial charge in [-0.15, -0.1) is 0 Å². The zero-order valence-electron chi connectivity index (χ0n) is 12.3. The second-order valence-corrected chi connectivity index (χ2v) is 5.79. The van der Waals surface area contributed by atoms with Crippen molar-refractivity contribution in [3.05, 3.63) is 27.9 Å². The number of aryl methyl sites for hydroxylation is 1. The van der Waals surface area contributed by atoms with Gasteiger partial charge in [0.2, 0.25) is 0 Å². The maximum Gasteiger partial charge on any atom is 0.290 e. The van der Waals surface area contributed by atoms with E-state index in [1.807, 2.05) is 0 Å². The number of hydrogen-bond acceptors (Lipinski definition) is 4. The Balaban J connectivity index is 1.85. The molecule has 1 N–H and O–H groups in total. The molecule has 0 aliphatic heterocycles. The molecule has 110 valence electrons. The number of nitro groups is 1. The molecule has 2 rings (SSSR count). The summed E-state index contributed by atoms with van der Waals surface area (Å²) in [5.74, 6) is 2.35. The number of hydrogen-bond donors (Lipinski definition) is 1. The fourth-order valence-electron chi connectivity index (χ4n) is 2.93. The highest BCUT2D eigenvalue weighted by molar-refractivity contribution is 5.46. The predicted molar refractivity (Wildman–Crippen MR) is 79.9 cm³/mol. The molecule has 0 atom stereocenters. The van der Waals surface area contributed by atoms with E-state index < -0.39 is 4.92 Å². The first-order valence-corrected chi connectivity index (χ1v) is 7.45. The van der Waals surface area contributed by atoms with Crippen molar-refractivity contribution >= 4 is 11.5 Å². The average molecular weight is 277 g/mol. The summed E-state index contributed by atoms with van der Waals surface area (Å²) in [5.41, 5.74) is 0.737. The zero-order chi connectivity index (χ0) is 14.5. The largest absolute Gasteiger partial charge is 0.370 e. The van der Waals surface area contributed by atoms with Crippen LogP contribution in [0.5, 0.6) is 0 Å². The molecule has 0 bridgehead atoms. The van der Waals surface area contributed by atoms with Gasteiger partial charge in [-0.05, 0) is 37.7 Å². The molecule has 1 heterocycles. The molecule has 0 aromatic carbocycles. The SMILES string of the molecule is CCC1CCC(CNc2cc(C)c([N+](=O)[O-])cn2)CC1. The van der Waals surface area contributed by atoms with E-state index in [9.17, 15) is 10.1 Å². The minimum atomic E-state index is -0.391. The van der Waals surface area contributed by atoms with Gasteiger partial charge in [-0.25, -0.2) is 4.98 Å². The van der Waals surface area contributed by atoms with Gasteiger partial charge < -0.3 is 5.32 Å². The molecule has 5 heteroatoms. The molecule has 1 aromatic heterocycles. The highest BCUT2D eigenvalue weighted by Crippen LogP contribution is 2.30. The lowest BCUT2D eigenvalue weighted by Crippen LogP contribution is -2.21. The average Bonchev–Trinajstić information content (AvgIpc) is 2.45. The Kier molecular flexibility index (Phi) is 4.93. The van der Waals surface area contributed by atoms with Gasteiger partial charge in [-0.2, -0.15) is 0 Å². The second-order valence-electron chi connectivity index (χ2n) is 5.79. The van der Waals surface area contributed by atoms with Crippen LogP contribution in [0.25, 0.3) is 0 Å². The normalized spacial score (nSPS) is 22.5. The van der Waals surface area contributed by atoms with Crippen LogP contribution in [0, 0.1) is 28.9 Å².